The summed E-state index contributed by atoms with van der Waals surface area (Å²) in [5.74, 6) is 1.05. The quantitative estimate of drug-likeness (QED) is 0.860. The van der Waals surface area contributed by atoms with E-state index in [9.17, 15) is 0 Å². The first kappa shape index (κ1) is 13.2. The van der Waals surface area contributed by atoms with E-state index in [-0.39, 0.29) is 0 Å². The Bertz CT molecular complexity index is 528. The van der Waals surface area contributed by atoms with Crippen molar-refractivity contribution < 1.29 is 4.42 Å². The number of likely N-dealkylation sites (tertiary alicyclic amines) is 1. The van der Waals surface area contributed by atoms with Crippen molar-refractivity contribution in [1.29, 1.82) is 0 Å². The first-order chi connectivity index (χ1) is 9.74. The van der Waals surface area contributed by atoms with Crippen LogP contribution in [0.4, 0.5) is 0 Å². The molecule has 0 aliphatic carbocycles. The molecule has 1 aliphatic heterocycles. The molecule has 1 aliphatic rings. The highest BCUT2D eigenvalue weighted by Gasteiger charge is 2.23. The zero-order valence-corrected chi connectivity index (χ0v) is 12.0. The molecule has 0 spiro atoms. The number of oxazole rings is 1. The van der Waals surface area contributed by atoms with E-state index in [0.29, 0.717) is 23.5 Å². The molecule has 0 amide bonds. The summed E-state index contributed by atoms with van der Waals surface area (Å²) in [5.41, 5.74) is 1.78. The molecule has 0 unspecified atom stereocenters. The van der Waals surface area contributed by atoms with Crippen LogP contribution in [-0.4, -0.2) is 39.0 Å². The lowest BCUT2D eigenvalue weighted by Gasteiger charge is -2.34. The molecular weight excluding hydrogens is 252 g/mol. The summed E-state index contributed by atoms with van der Waals surface area (Å²) in [6, 6.07) is 0.634. The number of hydrogen-bond donors (Lipinski definition) is 0. The maximum Gasteiger partial charge on any atom is 0.246 e. The lowest BCUT2D eigenvalue weighted by atomic mass is 9.93. The fraction of sp³-hybridized carbons (Fsp3) is 0.533. The average Bonchev–Trinajstić information content (AvgIpc) is 3.02. The van der Waals surface area contributed by atoms with E-state index in [1.165, 1.54) is 0 Å². The normalized spacial score (nSPS) is 17.8. The van der Waals surface area contributed by atoms with E-state index in [2.05, 4.69) is 33.7 Å². The van der Waals surface area contributed by atoms with Crippen molar-refractivity contribution in [3.05, 3.63) is 30.5 Å². The first-order valence-electron chi connectivity index (χ1n) is 7.20. The molecule has 20 heavy (non-hydrogen) atoms. The molecule has 5 heteroatoms. The highest BCUT2D eigenvalue weighted by atomic mass is 16.3. The molecule has 3 heterocycles. The van der Waals surface area contributed by atoms with Crippen LogP contribution in [-0.2, 0) is 0 Å². The van der Waals surface area contributed by atoms with Crippen molar-refractivity contribution >= 4 is 0 Å². The van der Waals surface area contributed by atoms with Gasteiger partial charge in [-0.15, -0.1) is 0 Å². The van der Waals surface area contributed by atoms with Gasteiger partial charge in [0.2, 0.25) is 5.89 Å². The van der Waals surface area contributed by atoms with Crippen molar-refractivity contribution in [3.63, 3.8) is 0 Å². The molecule has 0 bridgehead atoms. The van der Waals surface area contributed by atoms with Gasteiger partial charge in [0.1, 0.15) is 12.0 Å². The van der Waals surface area contributed by atoms with Gasteiger partial charge < -0.3 is 9.32 Å². The molecule has 0 aromatic carbocycles. The molecule has 0 radical (unpaired) electrons. The Kier molecular flexibility index (Phi) is 3.78. The molecule has 0 N–H and O–H groups in total. The topological polar surface area (TPSA) is 55.1 Å². The SMILES string of the molecule is CC(C)N1CCC(c2cnc(-c3ncco3)cn2)CC1. The third kappa shape index (κ3) is 2.72. The molecule has 5 nitrogen and oxygen atoms in total. The summed E-state index contributed by atoms with van der Waals surface area (Å²) >= 11 is 0. The van der Waals surface area contributed by atoms with Crippen LogP contribution in [0.2, 0.25) is 0 Å². The van der Waals surface area contributed by atoms with E-state index in [4.69, 9.17) is 4.42 Å². The van der Waals surface area contributed by atoms with Crippen molar-refractivity contribution in [2.45, 2.75) is 38.6 Å². The van der Waals surface area contributed by atoms with Crippen LogP contribution < -0.4 is 0 Å². The molecule has 106 valence electrons. The summed E-state index contributed by atoms with van der Waals surface area (Å²) in [6.45, 7) is 6.80. The van der Waals surface area contributed by atoms with E-state index in [1.807, 2.05) is 6.20 Å². The van der Waals surface area contributed by atoms with E-state index < -0.39 is 0 Å². The van der Waals surface area contributed by atoms with Crippen molar-refractivity contribution in [2.24, 2.45) is 0 Å². The molecule has 2 aromatic heterocycles. The minimum atomic E-state index is 0.524. The Morgan fingerprint density at radius 1 is 1.15 bits per heavy atom. The number of aromatic nitrogens is 3. The second-order valence-electron chi connectivity index (χ2n) is 5.57. The average molecular weight is 272 g/mol. The Labute approximate surface area is 119 Å². The molecule has 1 saturated heterocycles. The van der Waals surface area contributed by atoms with E-state index in [1.54, 1.807) is 18.7 Å². The highest BCUT2D eigenvalue weighted by molar-refractivity contribution is 5.44. The van der Waals surface area contributed by atoms with Gasteiger partial charge >= 0.3 is 0 Å². The third-order valence-electron chi connectivity index (χ3n) is 4.00. The minimum absolute atomic E-state index is 0.524. The molecule has 0 atom stereocenters. The fourth-order valence-electron chi connectivity index (χ4n) is 2.72. The second kappa shape index (κ2) is 5.71. The van der Waals surface area contributed by atoms with Gasteiger partial charge in [0.15, 0.2) is 0 Å². The summed E-state index contributed by atoms with van der Waals surface area (Å²) in [6.07, 6.45) is 9.11. The van der Waals surface area contributed by atoms with E-state index >= 15 is 0 Å². The van der Waals surface area contributed by atoms with Gasteiger partial charge in [0.05, 0.1) is 18.1 Å². The molecule has 1 fully saturated rings. The maximum atomic E-state index is 5.23. The monoisotopic (exact) mass is 272 g/mol. The lowest BCUT2D eigenvalue weighted by molar-refractivity contribution is 0.170. The van der Waals surface area contributed by atoms with E-state index in [0.717, 1.165) is 31.6 Å². The third-order valence-corrected chi connectivity index (χ3v) is 4.00. The fourth-order valence-corrected chi connectivity index (χ4v) is 2.72. The maximum absolute atomic E-state index is 5.23. The van der Waals surface area contributed by atoms with Crippen LogP contribution in [0.25, 0.3) is 11.6 Å². The van der Waals surface area contributed by atoms with Crippen LogP contribution in [0, 0.1) is 0 Å². The number of nitrogens with zero attached hydrogens (tertiary/aromatic N) is 4. The molecule has 2 aromatic rings. The lowest BCUT2D eigenvalue weighted by Crippen LogP contribution is -2.38. The summed E-state index contributed by atoms with van der Waals surface area (Å²) in [5, 5.41) is 0. The van der Waals surface area contributed by atoms with Crippen LogP contribution in [0.5, 0.6) is 0 Å². The highest BCUT2D eigenvalue weighted by Crippen LogP contribution is 2.27. The van der Waals surface area contributed by atoms with Gasteiger partial charge in [-0.1, -0.05) is 0 Å². The first-order valence-corrected chi connectivity index (χ1v) is 7.20. The summed E-state index contributed by atoms with van der Waals surface area (Å²) in [4.78, 5) is 15.6. The van der Waals surface area contributed by atoms with Crippen molar-refractivity contribution in [2.75, 3.05) is 13.1 Å². The van der Waals surface area contributed by atoms with Crippen LogP contribution in [0.1, 0.15) is 38.3 Å². The van der Waals surface area contributed by atoms with Gasteiger partial charge in [0, 0.05) is 18.2 Å². The summed E-state index contributed by atoms with van der Waals surface area (Å²) in [7, 11) is 0. The van der Waals surface area contributed by atoms with Gasteiger partial charge in [-0.05, 0) is 39.8 Å². The van der Waals surface area contributed by atoms with Gasteiger partial charge in [-0.25, -0.2) is 9.97 Å². The predicted molar refractivity (Wildman–Crippen MR) is 76.2 cm³/mol. The second-order valence-corrected chi connectivity index (χ2v) is 5.57. The molecular formula is C15H20N4O. The Morgan fingerprint density at radius 3 is 2.50 bits per heavy atom. The van der Waals surface area contributed by atoms with Gasteiger partial charge in [-0.2, -0.15) is 0 Å². The molecule has 3 rings (SSSR count). The Morgan fingerprint density at radius 2 is 1.95 bits per heavy atom. The smallest absolute Gasteiger partial charge is 0.246 e. The number of hydrogen-bond acceptors (Lipinski definition) is 5. The Hall–Kier alpha value is -1.75. The predicted octanol–water partition coefficient (Wildman–Crippen LogP) is 2.72. The number of piperidine rings is 1. The summed E-state index contributed by atoms with van der Waals surface area (Å²) < 4.78 is 5.23. The standard InChI is InChI=1S/C15H20N4O/c1-11(2)19-6-3-12(4-7-19)13-9-18-14(10-17-13)15-16-5-8-20-15/h5,8-12H,3-4,6-7H2,1-2H3. The zero-order chi connectivity index (χ0) is 13.9. The minimum Gasteiger partial charge on any atom is -0.443 e. The van der Waals surface area contributed by atoms with Crippen LogP contribution >= 0.6 is 0 Å². The largest absolute Gasteiger partial charge is 0.443 e. The van der Waals surface area contributed by atoms with Gasteiger partial charge in [-0.3, -0.25) is 4.98 Å². The van der Waals surface area contributed by atoms with Crippen molar-refractivity contribution in [3.8, 4) is 11.6 Å². The molecule has 0 saturated carbocycles. The van der Waals surface area contributed by atoms with Gasteiger partial charge in [0.25, 0.3) is 0 Å². The van der Waals surface area contributed by atoms with Crippen molar-refractivity contribution in [1.82, 2.24) is 19.9 Å². The zero-order valence-electron chi connectivity index (χ0n) is 12.0. The van der Waals surface area contributed by atoms with Crippen LogP contribution in [0.15, 0.2) is 29.3 Å². The number of rotatable bonds is 3. The van der Waals surface area contributed by atoms with Crippen LogP contribution in [0.3, 0.4) is 0 Å². The Balaban J connectivity index is 1.67.